The van der Waals surface area contributed by atoms with Crippen LogP contribution in [0.2, 0.25) is 5.02 Å². The summed E-state index contributed by atoms with van der Waals surface area (Å²) < 4.78 is 9.37. The Morgan fingerprint density at radius 2 is 1.76 bits per heavy atom. The Hall–Kier alpha value is -3.35. The average molecular weight is 522 g/mol. The number of benzene rings is 2. The molecule has 1 atom stereocenters. The number of imidazole rings is 1. The van der Waals surface area contributed by atoms with Gasteiger partial charge in [0.15, 0.2) is 0 Å². The van der Waals surface area contributed by atoms with Gasteiger partial charge < -0.3 is 24.2 Å². The SMILES string of the molecule is Cc1cc(=O)n2c3ccccc3n(C[C@H](O)C[NH+]3CC[NH+](CCOc4ccc(Cl)cc4)CC3)c2c1C#N. The van der Waals surface area contributed by atoms with Gasteiger partial charge >= 0.3 is 0 Å². The van der Waals surface area contributed by atoms with Crippen LogP contribution in [0.15, 0.2) is 59.4 Å². The number of ether oxygens (including phenoxy) is 1. The van der Waals surface area contributed by atoms with Crippen molar-refractivity contribution in [3.05, 3.63) is 81.1 Å². The van der Waals surface area contributed by atoms with Crippen LogP contribution in [0.4, 0.5) is 0 Å². The van der Waals surface area contributed by atoms with E-state index >= 15 is 0 Å². The molecular formula is C28H32ClN5O3+2. The Balaban J connectivity index is 1.22. The molecule has 8 nitrogen and oxygen atoms in total. The number of nitrogens with one attached hydrogen (secondary N) is 2. The number of piperazine rings is 1. The van der Waals surface area contributed by atoms with Crippen LogP contribution >= 0.6 is 11.6 Å². The molecule has 3 N–H and O–H groups in total. The van der Waals surface area contributed by atoms with Gasteiger partial charge in [0.05, 0.1) is 23.1 Å². The number of halogens is 1. The number of hydrogen-bond acceptors (Lipinski definition) is 4. The monoisotopic (exact) mass is 521 g/mol. The van der Waals surface area contributed by atoms with Crippen LogP contribution in [-0.4, -0.2) is 66.1 Å². The Morgan fingerprint density at radius 3 is 2.46 bits per heavy atom. The van der Waals surface area contributed by atoms with Crippen LogP contribution in [0.3, 0.4) is 0 Å². The number of nitrogens with zero attached hydrogens (tertiary/aromatic N) is 3. The van der Waals surface area contributed by atoms with Crippen molar-refractivity contribution in [2.24, 2.45) is 0 Å². The first-order chi connectivity index (χ1) is 17.9. The normalized spacial score (nSPS) is 18.6. The molecule has 9 heteroatoms. The van der Waals surface area contributed by atoms with Crippen LogP contribution in [0.5, 0.6) is 5.75 Å². The van der Waals surface area contributed by atoms with Crippen LogP contribution in [0.1, 0.15) is 11.1 Å². The Kier molecular flexibility index (Phi) is 7.49. The molecule has 0 saturated carbocycles. The maximum absolute atomic E-state index is 12.9. The number of nitriles is 1. The molecule has 192 valence electrons. The summed E-state index contributed by atoms with van der Waals surface area (Å²) in [6, 6.07) is 18.8. The van der Waals surface area contributed by atoms with Crippen molar-refractivity contribution in [1.82, 2.24) is 8.97 Å². The smallest absolute Gasteiger partial charge is 0.257 e. The highest BCUT2D eigenvalue weighted by Gasteiger charge is 2.26. The van der Waals surface area contributed by atoms with E-state index in [-0.39, 0.29) is 5.56 Å². The third kappa shape index (κ3) is 5.36. The van der Waals surface area contributed by atoms with Gasteiger partial charge in [0, 0.05) is 11.1 Å². The summed E-state index contributed by atoms with van der Waals surface area (Å²) in [6.07, 6.45) is -0.605. The quantitative estimate of drug-likeness (QED) is 0.311. The lowest BCUT2D eigenvalue weighted by molar-refractivity contribution is -1.01. The van der Waals surface area contributed by atoms with Crippen LogP contribution < -0.4 is 20.1 Å². The summed E-state index contributed by atoms with van der Waals surface area (Å²) in [5.41, 5.74) is 3.09. The van der Waals surface area contributed by atoms with Crippen molar-refractivity contribution >= 4 is 28.3 Å². The fourth-order valence-corrected chi connectivity index (χ4v) is 5.51. The first-order valence-electron chi connectivity index (χ1n) is 12.7. The molecule has 4 aromatic rings. The van der Waals surface area contributed by atoms with Crippen LogP contribution in [0, 0.1) is 18.3 Å². The van der Waals surface area contributed by atoms with Gasteiger partial charge in [-0.05, 0) is 48.9 Å². The second kappa shape index (κ2) is 11.0. The lowest BCUT2D eigenvalue weighted by Crippen LogP contribution is -3.28. The molecule has 1 saturated heterocycles. The van der Waals surface area contributed by atoms with Gasteiger partial charge in [-0.25, -0.2) is 0 Å². The molecule has 1 aliphatic rings. The van der Waals surface area contributed by atoms with Gasteiger partial charge in [-0.3, -0.25) is 9.20 Å². The third-order valence-electron chi connectivity index (χ3n) is 7.29. The van der Waals surface area contributed by atoms with Crippen molar-refractivity contribution in [1.29, 1.82) is 5.26 Å². The van der Waals surface area contributed by atoms with Gasteiger partial charge in [-0.15, -0.1) is 0 Å². The predicted molar refractivity (Wildman–Crippen MR) is 143 cm³/mol. The van der Waals surface area contributed by atoms with E-state index in [0.717, 1.165) is 49.5 Å². The average Bonchev–Trinajstić information content (AvgIpc) is 3.21. The number of hydrogen-bond donors (Lipinski definition) is 3. The first-order valence-corrected chi connectivity index (χ1v) is 13.1. The zero-order valence-electron chi connectivity index (χ0n) is 20.9. The van der Waals surface area contributed by atoms with E-state index in [1.165, 1.54) is 15.9 Å². The summed E-state index contributed by atoms with van der Waals surface area (Å²) in [5, 5.41) is 21.7. The van der Waals surface area contributed by atoms with Crippen molar-refractivity contribution < 1.29 is 19.6 Å². The molecule has 0 unspecified atom stereocenters. The Morgan fingerprint density at radius 1 is 1.08 bits per heavy atom. The number of aliphatic hydroxyl groups excluding tert-OH is 1. The molecule has 0 radical (unpaired) electrons. The number of quaternary nitrogens is 2. The van der Waals surface area contributed by atoms with Gasteiger partial charge in [0.25, 0.3) is 5.56 Å². The summed E-state index contributed by atoms with van der Waals surface area (Å²) in [6.45, 7) is 8.31. The van der Waals surface area contributed by atoms with Gasteiger partial charge in [0.1, 0.15) is 69.4 Å². The van der Waals surface area contributed by atoms with Crippen molar-refractivity contribution in [3.63, 3.8) is 0 Å². The van der Waals surface area contributed by atoms with E-state index < -0.39 is 6.10 Å². The summed E-state index contributed by atoms with van der Waals surface area (Å²) >= 11 is 5.93. The van der Waals surface area contributed by atoms with E-state index in [2.05, 4.69) is 6.07 Å². The third-order valence-corrected chi connectivity index (χ3v) is 7.54. The Bertz CT molecular complexity index is 1500. The maximum Gasteiger partial charge on any atom is 0.257 e. The topological polar surface area (TPSA) is 88.5 Å². The fraction of sp³-hybridized carbons (Fsp3) is 0.357. The number of aliphatic hydroxyl groups is 1. The molecule has 0 aliphatic carbocycles. The second-order valence-electron chi connectivity index (χ2n) is 9.82. The molecule has 2 aromatic heterocycles. The maximum atomic E-state index is 12.9. The number of aryl methyl sites for hydroxylation is 1. The van der Waals surface area contributed by atoms with E-state index in [9.17, 15) is 15.2 Å². The Labute approximate surface area is 220 Å². The minimum Gasteiger partial charge on any atom is -0.488 e. The van der Waals surface area contributed by atoms with E-state index in [1.807, 2.05) is 53.1 Å². The number of pyridine rings is 1. The predicted octanol–water partition coefficient (Wildman–Crippen LogP) is 0.311. The molecule has 37 heavy (non-hydrogen) atoms. The first kappa shape index (κ1) is 25.3. The summed E-state index contributed by atoms with van der Waals surface area (Å²) in [5.74, 6) is 0.832. The zero-order chi connectivity index (χ0) is 25.9. The molecule has 5 rings (SSSR count). The molecule has 2 aromatic carbocycles. The molecule has 0 spiro atoms. The number of fused-ring (bicyclic) bond motifs is 3. The summed E-state index contributed by atoms with van der Waals surface area (Å²) in [4.78, 5) is 15.7. The number of para-hydroxylation sites is 2. The number of aromatic nitrogens is 2. The largest absolute Gasteiger partial charge is 0.488 e. The second-order valence-corrected chi connectivity index (χ2v) is 10.3. The highest BCUT2D eigenvalue weighted by molar-refractivity contribution is 6.30. The molecule has 1 fully saturated rings. The highest BCUT2D eigenvalue weighted by atomic mass is 35.5. The standard InChI is InChI=1S/C28H30ClN5O3/c1-20-16-27(36)34-26-5-3-2-4-25(26)33(28(34)24(20)17-30)19-22(35)18-32-12-10-31(11-13-32)14-15-37-23-8-6-21(29)7-9-23/h2-9,16,22,35H,10-15,18-19H2,1H3/p+2/t22-/m1/s1. The highest BCUT2D eigenvalue weighted by Crippen LogP contribution is 2.23. The minimum atomic E-state index is -0.605. The lowest BCUT2D eigenvalue weighted by Gasteiger charge is -2.30. The zero-order valence-corrected chi connectivity index (χ0v) is 21.7. The molecule has 0 amide bonds. The van der Waals surface area contributed by atoms with Crippen molar-refractivity contribution in [2.75, 3.05) is 45.9 Å². The summed E-state index contributed by atoms with van der Waals surface area (Å²) in [7, 11) is 0. The fourth-order valence-electron chi connectivity index (χ4n) is 5.39. The lowest BCUT2D eigenvalue weighted by atomic mass is 10.1. The van der Waals surface area contributed by atoms with Crippen molar-refractivity contribution in [3.8, 4) is 11.8 Å². The molecule has 0 bridgehead atoms. The van der Waals surface area contributed by atoms with Gasteiger partial charge in [0.2, 0.25) is 0 Å². The molecule has 1 aliphatic heterocycles. The van der Waals surface area contributed by atoms with Gasteiger partial charge in [-0.2, -0.15) is 5.26 Å². The van der Waals surface area contributed by atoms with E-state index in [0.29, 0.717) is 41.5 Å². The van der Waals surface area contributed by atoms with E-state index in [1.54, 1.807) is 11.3 Å². The molecular weight excluding hydrogens is 490 g/mol. The number of rotatable bonds is 8. The van der Waals surface area contributed by atoms with Crippen LogP contribution in [0.25, 0.3) is 16.7 Å². The minimum absolute atomic E-state index is 0.166. The van der Waals surface area contributed by atoms with Crippen molar-refractivity contribution in [2.45, 2.75) is 19.6 Å². The van der Waals surface area contributed by atoms with Gasteiger partial charge in [-0.1, -0.05) is 23.7 Å². The van der Waals surface area contributed by atoms with E-state index in [4.69, 9.17) is 16.3 Å². The molecule has 3 heterocycles. The van der Waals surface area contributed by atoms with Crippen LogP contribution in [-0.2, 0) is 6.54 Å².